The van der Waals surface area contributed by atoms with Gasteiger partial charge in [-0.05, 0) is 30.3 Å². The van der Waals surface area contributed by atoms with Crippen LogP contribution in [-0.4, -0.2) is 50.3 Å². The molecule has 6 nitrogen and oxygen atoms in total. The Labute approximate surface area is 176 Å². The van der Waals surface area contributed by atoms with Gasteiger partial charge in [0.2, 0.25) is 0 Å². The number of hydrogen-bond acceptors (Lipinski definition) is 4. The minimum Gasteiger partial charge on any atom is -0.508 e. The van der Waals surface area contributed by atoms with Crippen molar-refractivity contribution in [3.63, 3.8) is 0 Å². The molecule has 2 aromatic rings. The second kappa shape index (κ2) is 11.5. The Morgan fingerprint density at radius 3 is 2.67 bits per heavy atom. The van der Waals surface area contributed by atoms with E-state index in [0.29, 0.717) is 37.0 Å². The summed E-state index contributed by atoms with van der Waals surface area (Å²) >= 11 is 0. The monoisotopic (exact) mass is 489 g/mol. The fourth-order valence-corrected chi connectivity index (χ4v) is 2.35. The first-order valence-electron chi connectivity index (χ1n) is 8.20. The standard InChI is InChI=1S/C19H24FN3O3.HI/c1-21-19(22-13-14-12-15(25-3)8-9-17(14)24)23(2)10-11-26-18-7-5-4-6-16(18)20;/h4-9,12,24H,10-11,13H2,1-3H3,(H,21,22);1H. The van der Waals surface area contributed by atoms with E-state index < -0.39 is 0 Å². The predicted molar refractivity (Wildman–Crippen MR) is 115 cm³/mol. The molecule has 0 radical (unpaired) electrons. The zero-order valence-electron chi connectivity index (χ0n) is 15.6. The van der Waals surface area contributed by atoms with Crippen LogP contribution in [0.4, 0.5) is 4.39 Å². The second-order valence-corrected chi connectivity index (χ2v) is 5.60. The molecule has 0 fully saturated rings. The number of phenolic OH excluding ortho intramolecular Hbond substituents is 1. The Kier molecular flexibility index (Phi) is 9.70. The van der Waals surface area contributed by atoms with Crippen LogP contribution in [0, 0.1) is 5.82 Å². The molecule has 0 aliphatic heterocycles. The first kappa shape index (κ1) is 22.8. The molecule has 2 aromatic carbocycles. The van der Waals surface area contributed by atoms with E-state index in [1.165, 1.54) is 6.07 Å². The van der Waals surface area contributed by atoms with Gasteiger partial charge in [0.25, 0.3) is 0 Å². The van der Waals surface area contributed by atoms with Gasteiger partial charge in [-0.3, -0.25) is 4.99 Å². The molecule has 0 atom stereocenters. The molecule has 0 unspecified atom stereocenters. The van der Waals surface area contributed by atoms with E-state index in [2.05, 4.69) is 10.3 Å². The smallest absolute Gasteiger partial charge is 0.193 e. The number of guanidine groups is 1. The number of nitrogens with one attached hydrogen (secondary N) is 1. The summed E-state index contributed by atoms with van der Waals surface area (Å²) < 4.78 is 24.2. The van der Waals surface area contributed by atoms with E-state index in [9.17, 15) is 9.50 Å². The Bertz CT molecular complexity index is 759. The van der Waals surface area contributed by atoms with Crippen molar-refractivity contribution >= 4 is 29.9 Å². The fourth-order valence-electron chi connectivity index (χ4n) is 2.35. The summed E-state index contributed by atoms with van der Waals surface area (Å²) in [5.74, 6) is 1.32. The highest BCUT2D eigenvalue weighted by molar-refractivity contribution is 14.0. The molecule has 8 heteroatoms. The van der Waals surface area contributed by atoms with Crippen molar-refractivity contribution in [3.05, 3.63) is 53.8 Å². The number of ether oxygens (including phenoxy) is 2. The van der Waals surface area contributed by atoms with Gasteiger partial charge >= 0.3 is 0 Å². The van der Waals surface area contributed by atoms with Gasteiger partial charge in [0.05, 0.1) is 13.7 Å². The number of likely N-dealkylation sites (N-methyl/N-ethyl adjacent to an activating group) is 1. The van der Waals surface area contributed by atoms with Gasteiger partial charge in [-0.1, -0.05) is 12.1 Å². The zero-order chi connectivity index (χ0) is 18.9. The number of rotatable bonds is 7. The van der Waals surface area contributed by atoms with Crippen molar-refractivity contribution in [3.8, 4) is 17.2 Å². The average molecular weight is 489 g/mol. The normalized spacial score (nSPS) is 10.7. The number of aromatic hydroxyl groups is 1. The quantitative estimate of drug-likeness (QED) is 0.355. The first-order chi connectivity index (χ1) is 12.5. The average Bonchev–Trinajstić information content (AvgIpc) is 2.65. The van der Waals surface area contributed by atoms with Crippen LogP contribution >= 0.6 is 24.0 Å². The van der Waals surface area contributed by atoms with Gasteiger partial charge in [-0.25, -0.2) is 4.39 Å². The molecule has 0 bridgehead atoms. The number of para-hydroxylation sites is 1. The lowest BCUT2D eigenvalue weighted by Crippen LogP contribution is -2.40. The van der Waals surface area contributed by atoms with E-state index in [1.807, 2.05) is 11.9 Å². The van der Waals surface area contributed by atoms with Crippen LogP contribution in [0.5, 0.6) is 17.2 Å². The maximum Gasteiger partial charge on any atom is 0.193 e. The van der Waals surface area contributed by atoms with Crippen molar-refractivity contribution < 1.29 is 19.0 Å². The highest BCUT2D eigenvalue weighted by Gasteiger charge is 2.09. The van der Waals surface area contributed by atoms with Gasteiger partial charge < -0.3 is 24.8 Å². The summed E-state index contributed by atoms with van der Waals surface area (Å²) in [6.45, 7) is 1.20. The number of halogens is 2. The SMILES string of the molecule is CN=C(NCc1cc(OC)ccc1O)N(C)CCOc1ccccc1F.I. The lowest BCUT2D eigenvalue weighted by Gasteiger charge is -2.22. The van der Waals surface area contributed by atoms with Gasteiger partial charge in [-0.15, -0.1) is 24.0 Å². The van der Waals surface area contributed by atoms with Crippen LogP contribution < -0.4 is 14.8 Å². The summed E-state index contributed by atoms with van der Waals surface area (Å²) in [4.78, 5) is 6.07. The van der Waals surface area contributed by atoms with Crippen LogP contribution in [0.25, 0.3) is 0 Å². The van der Waals surface area contributed by atoms with Gasteiger partial charge in [0, 0.05) is 26.2 Å². The molecule has 0 aliphatic rings. The lowest BCUT2D eigenvalue weighted by atomic mass is 10.2. The topological polar surface area (TPSA) is 66.3 Å². The number of phenols is 1. The van der Waals surface area contributed by atoms with Crippen LogP contribution in [0.1, 0.15) is 5.56 Å². The maximum absolute atomic E-state index is 13.5. The number of methoxy groups -OCH3 is 1. The largest absolute Gasteiger partial charge is 0.508 e. The molecule has 2 rings (SSSR count). The summed E-state index contributed by atoms with van der Waals surface area (Å²) in [5, 5.41) is 13.1. The number of aliphatic imine (C=N–C) groups is 1. The molecular weight excluding hydrogens is 464 g/mol. The predicted octanol–water partition coefficient (Wildman–Crippen LogP) is 3.24. The molecule has 0 spiro atoms. The molecule has 0 amide bonds. The van der Waals surface area contributed by atoms with E-state index >= 15 is 0 Å². The van der Waals surface area contributed by atoms with Crippen molar-refractivity contribution in [2.24, 2.45) is 4.99 Å². The van der Waals surface area contributed by atoms with E-state index in [1.54, 1.807) is 50.6 Å². The minimum atomic E-state index is -0.383. The summed E-state index contributed by atoms with van der Waals surface area (Å²) in [5.41, 5.74) is 0.696. The van der Waals surface area contributed by atoms with Crippen LogP contribution in [0.15, 0.2) is 47.5 Å². The number of hydrogen-bond donors (Lipinski definition) is 2. The lowest BCUT2D eigenvalue weighted by molar-refractivity contribution is 0.270. The summed E-state index contributed by atoms with van der Waals surface area (Å²) in [6, 6.07) is 11.3. The Morgan fingerprint density at radius 2 is 2.00 bits per heavy atom. The Morgan fingerprint density at radius 1 is 1.26 bits per heavy atom. The highest BCUT2D eigenvalue weighted by Crippen LogP contribution is 2.22. The van der Waals surface area contributed by atoms with Gasteiger partial charge in [-0.2, -0.15) is 0 Å². The molecule has 0 heterocycles. The minimum absolute atomic E-state index is 0. The van der Waals surface area contributed by atoms with E-state index in [-0.39, 0.29) is 41.3 Å². The van der Waals surface area contributed by atoms with Crippen LogP contribution in [0.3, 0.4) is 0 Å². The fraction of sp³-hybridized carbons (Fsp3) is 0.316. The van der Waals surface area contributed by atoms with Crippen molar-refractivity contribution in [1.29, 1.82) is 0 Å². The molecule has 0 saturated heterocycles. The highest BCUT2D eigenvalue weighted by atomic mass is 127. The number of nitrogens with zero attached hydrogens (tertiary/aromatic N) is 2. The molecular formula is C19H25FIN3O3. The summed E-state index contributed by atoms with van der Waals surface area (Å²) in [6.07, 6.45) is 0. The Hall–Kier alpha value is -2.23. The van der Waals surface area contributed by atoms with Crippen molar-refractivity contribution in [1.82, 2.24) is 10.2 Å². The first-order valence-corrected chi connectivity index (χ1v) is 8.20. The molecule has 148 valence electrons. The molecule has 2 N–H and O–H groups in total. The van der Waals surface area contributed by atoms with Crippen molar-refractivity contribution in [2.75, 3.05) is 34.4 Å². The van der Waals surface area contributed by atoms with E-state index in [4.69, 9.17) is 9.47 Å². The molecule has 0 aliphatic carbocycles. The Balaban J connectivity index is 0.00000364. The molecule has 0 saturated carbocycles. The van der Waals surface area contributed by atoms with E-state index in [0.717, 1.165) is 0 Å². The maximum atomic E-state index is 13.5. The van der Waals surface area contributed by atoms with Crippen molar-refractivity contribution in [2.45, 2.75) is 6.54 Å². The van der Waals surface area contributed by atoms with Crippen LogP contribution in [0.2, 0.25) is 0 Å². The molecule has 27 heavy (non-hydrogen) atoms. The zero-order valence-corrected chi connectivity index (χ0v) is 17.9. The third-order valence-electron chi connectivity index (χ3n) is 3.82. The summed E-state index contributed by atoms with van der Waals surface area (Å²) in [7, 11) is 5.10. The van der Waals surface area contributed by atoms with Gasteiger partial charge in [0.15, 0.2) is 17.5 Å². The van der Waals surface area contributed by atoms with Crippen LogP contribution in [-0.2, 0) is 6.54 Å². The third kappa shape index (κ3) is 6.78. The molecule has 0 aromatic heterocycles. The van der Waals surface area contributed by atoms with Gasteiger partial charge in [0.1, 0.15) is 18.1 Å². The second-order valence-electron chi connectivity index (χ2n) is 5.60. The number of benzene rings is 2. The third-order valence-corrected chi connectivity index (χ3v) is 3.82.